The molecule has 0 aliphatic rings. The van der Waals surface area contributed by atoms with Gasteiger partial charge in [0.2, 0.25) is 5.91 Å². The zero-order chi connectivity index (χ0) is 22.3. The molecule has 2 atom stereocenters. The van der Waals surface area contributed by atoms with Crippen LogP contribution in [0.3, 0.4) is 0 Å². The average molecular weight is 435 g/mol. The second-order valence-corrected chi connectivity index (χ2v) is 7.06. The van der Waals surface area contributed by atoms with E-state index in [4.69, 9.17) is 27.2 Å². The van der Waals surface area contributed by atoms with Gasteiger partial charge in [-0.25, -0.2) is 4.79 Å². The second kappa shape index (κ2) is 10.6. The summed E-state index contributed by atoms with van der Waals surface area (Å²) >= 11 is 6.25. The lowest BCUT2D eigenvalue weighted by molar-refractivity contribution is -0.140. The summed E-state index contributed by atoms with van der Waals surface area (Å²) in [5.74, 6) is -3.06. The number of rotatable bonds is 10. The van der Waals surface area contributed by atoms with Crippen LogP contribution in [0.25, 0.3) is 0 Å². The highest BCUT2D eigenvalue weighted by molar-refractivity contribution is 6.34. The van der Waals surface area contributed by atoms with Crippen molar-refractivity contribution in [3.05, 3.63) is 64.2 Å². The Hall–Kier alpha value is -3.10. The van der Waals surface area contributed by atoms with Gasteiger partial charge in [0.15, 0.2) is 0 Å². The molecule has 0 saturated heterocycles. The fourth-order valence-corrected chi connectivity index (χ4v) is 3.23. The van der Waals surface area contributed by atoms with Crippen molar-refractivity contribution in [2.24, 2.45) is 5.73 Å². The molecule has 0 radical (unpaired) electrons. The number of halogens is 1. The lowest BCUT2D eigenvalue weighted by Crippen LogP contribution is -2.43. The number of ether oxygens (including phenoxy) is 1. The Kier molecular flexibility index (Phi) is 8.20. The monoisotopic (exact) mass is 434 g/mol. The molecule has 2 rings (SSSR count). The van der Waals surface area contributed by atoms with Gasteiger partial charge in [-0.05, 0) is 36.1 Å². The summed E-state index contributed by atoms with van der Waals surface area (Å²) < 4.78 is 5.23. The standard InChI is InChI=1S/C21H23ClN2O6/c1-30-17-10-13(16(25)8-7-12-5-3-2-4-6-12)9-14(22)19(17)20(27)24-15(21(28)29)11-18(23)26/h2-6,9-10,15-16,25H,7-8,11H2,1H3,(H2,23,26)(H,24,27)(H,28,29)/t15-,16?/m0/s1. The normalized spacial score (nSPS) is 12.6. The van der Waals surface area contributed by atoms with Gasteiger partial charge >= 0.3 is 5.97 Å². The van der Waals surface area contributed by atoms with Crippen molar-refractivity contribution in [3.63, 3.8) is 0 Å². The number of aliphatic hydroxyl groups excluding tert-OH is 1. The highest BCUT2D eigenvalue weighted by atomic mass is 35.5. The fourth-order valence-electron chi connectivity index (χ4n) is 2.92. The van der Waals surface area contributed by atoms with Crippen LogP contribution in [0.2, 0.25) is 5.02 Å². The molecule has 0 saturated carbocycles. The summed E-state index contributed by atoms with van der Waals surface area (Å²) in [4.78, 5) is 34.9. The zero-order valence-corrected chi connectivity index (χ0v) is 17.1. The van der Waals surface area contributed by atoms with Gasteiger partial charge in [-0.15, -0.1) is 0 Å². The highest BCUT2D eigenvalue weighted by Gasteiger charge is 2.26. The fraction of sp³-hybridized carbons (Fsp3) is 0.286. The van der Waals surface area contributed by atoms with Gasteiger partial charge in [0, 0.05) is 0 Å². The molecule has 0 aliphatic carbocycles. The van der Waals surface area contributed by atoms with E-state index in [2.05, 4.69) is 5.32 Å². The zero-order valence-electron chi connectivity index (χ0n) is 16.3. The van der Waals surface area contributed by atoms with Crippen molar-refractivity contribution in [2.45, 2.75) is 31.4 Å². The maximum atomic E-state index is 12.6. The van der Waals surface area contributed by atoms with Gasteiger partial charge in [0.1, 0.15) is 11.8 Å². The molecule has 0 fully saturated rings. The van der Waals surface area contributed by atoms with E-state index in [1.165, 1.54) is 19.2 Å². The summed E-state index contributed by atoms with van der Waals surface area (Å²) in [7, 11) is 1.32. The van der Waals surface area contributed by atoms with Crippen molar-refractivity contribution < 1.29 is 29.3 Å². The van der Waals surface area contributed by atoms with Gasteiger partial charge in [0.25, 0.3) is 5.91 Å². The number of hydrogen-bond acceptors (Lipinski definition) is 5. The molecule has 2 aromatic rings. The molecule has 0 heterocycles. The molecule has 0 spiro atoms. The van der Waals surface area contributed by atoms with Crippen LogP contribution in [-0.2, 0) is 16.0 Å². The third-order valence-electron chi connectivity index (χ3n) is 4.47. The number of aliphatic carboxylic acids is 1. The number of nitrogens with one attached hydrogen (secondary N) is 1. The predicted octanol–water partition coefficient (Wildman–Crippen LogP) is 2.07. The molecule has 9 heteroatoms. The molecule has 1 unspecified atom stereocenters. The van der Waals surface area contributed by atoms with E-state index < -0.39 is 36.4 Å². The number of amides is 2. The molecule has 160 valence electrons. The predicted molar refractivity (Wildman–Crippen MR) is 110 cm³/mol. The molecular weight excluding hydrogens is 412 g/mol. The Labute approximate surface area is 178 Å². The maximum Gasteiger partial charge on any atom is 0.326 e. The first kappa shape index (κ1) is 23.2. The molecule has 2 aromatic carbocycles. The smallest absolute Gasteiger partial charge is 0.326 e. The van der Waals surface area contributed by atoms with E-state index in [0.717, 1.165) is 5.56 Å². The number of aliphatic hydroxyl groups is 1. The van der Waals surface area contributed by atoms with Crippen LogP contribution >= 0.6 is 11.6 Å². The summed E-state index contributed by atoms with van der Waals surface area (Å²) in [6.07, 6.45) is -0.362. The van der Waals surface area contributed by atoms with Crippen molar-refractivity contribution in [1.29, 1.82) is 0 Å². The van der Waals surface area contributed by atoms with E-state index in [1.54, 1.807) is 0 Å². The minimum atomic E-state index is -1.51. The number of carboxylic acid groups (broad SMARTS) is 1. The minimum Gasteiger partial charge on any atom is -0.496 e. The first-order valence-corrected chi connectivity index (χ1v) is 9.52. The van der Waals surface area contributed by atoms with E-state index in [-0.39, 0.29) is 16.3 Å². The topological polar surface area (TPSA) is 139 Å². The third-order valence-corrected chi connectivity index (χ3v) is 4.76. The van der Waals surface area contributed by atoms with Crippen molar-refractivity contribution in [1.82, 2.24) is 5.32 Å². The van der Waals surface area contributed by atoms with Crippen LogP contribution in [0.15, 0.2) is 42.5 Å². The number of carbonyl (C=O) groups is 3. The Morgan fingerprint density at radius 1 is 1.20 bits per heavy atom. The number of nitrogens with two attached hydrogens (primary N) is 1. The van der Waals surface area contributed by atoms with E-state index in [1.807, 2.05) is 30.3 Å². The second-order valence-electron chi connectivity index (χ2n) is 6.65. The van der Waals surface area contributed by atoms with Gasteiger partial charge in [-0.3, -0.25) is 9.59 Å². The first-order valence-electron chi connectivity index (χ1n) is 9.14. The molecule has 8 nitrogen and oxygen atoms in total. The van der Waals surface area contributed by atoms with Gasteiger partial charge < -0.3 is 26.0 Å². The highest BCUT2D eigenvalue weighted by Crippen LogP contribution is 2.32. The number of benzene rings is 2. The quantitative estimate of drug-likeness (QED) is 0.451. The Morgan fingerprint density at radius 3 is 2.43 bits per heavy atom. The largest absolute Gasteiger partial charge is 0.496 e. The number of carboxylic acids is 1. The van der Waals surface area contributed by atoms with E-state index >= 15 is 0 Å². The lowest BCUT2D eigenvalue weighted by atomic mass is 9.99. The minimum absolute atomic E-state index is 0.0242. The summed E-state index contributed by atoms with van der Waals surface area (Å²) in [6.45, 7) is 0. The van der Waals surface area contributed by atoms with Crippen LogP contribution in [-0.4, -0.2) is 41.1 Å². The molecule has 0 aromatic heterocycles. The molecule has 0 bridgehead atoms. The van der Waals surface area contributed by atoms with Crippen molar-refractivity contribution in [3.8, 4) is 5.75 Å². The van der Waals surface area contributed by atoms with Gasteiger partial charge in [-0.2, -0.15) is 0 Å². The Balaban J connectivity index is 2.20. The van der Waals surface area contributed by atoms with Gasteiger partial charge in [0.05, 0.1) is 30.2 Å². The van der Waals surface area contributed by atoms with Crippen LogP contribution in [0.4, 0.5) is 0 Å². The van der Waals surface area contributed by atoms with Crippen LogP contribution in [0.1, 0.15) is 40.4 Å². The Morgan fingerprint density at radius 2 is 1.87 bits per heavy atom. The summed E-state index contributed by atoms with van der Waals surface area (Å²) in [5, 5.41) is 21.9. The SMILES string of the molecule is COc1cc(C(O)CCc2ccccc2)cc(Cl)c1C(=O)N[C@@H](CC(N)=O)C(=O)O. The molecular formula is C21H23ClN2O6. The number of aryl methyl sites for hydroxylation is 1. The summed E-state index contributed by atoms with van der Waals surface area (Å²) in [5.41, 5.74) is 6.44. The molecule has 2 amide bonds. The maximum absolute atomic E-state index is 12.6. The van der Waals surface area contributed by atoms with Crippen molar-refractivity contribution >= 4 is 29.4 Å². The Bertz CT molecular complexity index is 919. The summed E-state index contributed by atoms with van der Waals surface area (Å²) in [6, 6.07) is 11.0. The first-order chi connectivity index (χ1) is 14.2. The molecule has 5 N–H and O–H groups in total. The van der Waals surface area contributed by atoms with Gasteiger partial charge in [-0.1, -0.05) is 41.9 Å². The average Bonchev–Trinajstić information content (AvgIpc) is 2.70. The van der Waals surface area contributed by atoms with Crippen LogP contribution in [0.5, 0.6) is 5.75 Å². The van der Waals surface area contributed by atoms with Crippen molar-refractivity contribution in [2.75, 3.05) is 7.11 Å². The lowest BCUT2D eigenvalue weighted by Gasteiger charge is -2.18. The molecule has 0 aliphatic heterocycles. The molecule has 30 heavy (non-hydrogen) atoms. The number of hydrogen-bond donors (Lipinski definition) is 4. The third kappa shape index (κ3) is 6.20. The number of primary amides is 1. The van der Waals surface area contributed by atoms with Crippen LogP contribution < -0.4 is 15.8 Å². The van der Waals surface area contributed by atoms with Crippen LogP contribution in [0, 0.1) is 0 Å². The van der Waals surface area contributed by atoms with E-state index in [9.17, 15) is 19.5 Å². The number of methoxy groups -OCH3 is 1. The van der Waals surface area contributed by atoms with E-state index in [0.29, 0.717) is 18.4 Å². The number of carbonyl (C=O) groups excluding carboxylic acids is 2.